The van der Waals surface area contributed by atoms with Crippen LogP contribution in [0.4, 0.5) is 11.4 Å². The van der Waals surface area contributed by atoms with Crippen LogP contribution in [0.1, 0.15) is 135 Å². The first-order valence-corrected chi connectivity index (χ1v) is 33.4. The number of carbonyl (C=O) groups excluding carboxylic acids is 2. The molecule has 0 unspecified atom stereocenters. The van der Waals surface area contributed by atoms with Crippen LogP contribution in [0.25, 0.3) is 0 Å². The van der Waals surface area contributed by atoms with E-state index in [9.17, 15) is 36.6 Å². The minimum Gasteiger partial charge on any atom is -0.490 e. The van der Waals surface area contributed by atoms with E-state index in [1.54, 1.807) is 50.2 Å². The topological polar surface area (TPSA) is 192 Å². The SMILES string of the molecule is C[C@@H]1/C=C/[C@H](O)[C@@H]2CC[C@H]2CN2C[C@@]3(CCCc4cc(Cl)ccc43)COc3ccc(cc32)C(=O)NS(=O)(=O)[C@H](C)C1.C[C@@H]1C[C@@H](C)/C=C/[C@H](O)[C@@H]2CC[C@H]2CN2C[C@@]3(CCCc4cc(Cl)ccc43)COc3ccc(cc32)C(=O)NS1(=O)=O. The summed E-state index contributed by atoms with van der Waals surface area (Å²) < 4.78 is 69.9. The smallest absolute Gasteiger partial charge is 0.264 e. The maximum absolute atomic E-state index is 13.3. The molecule has 2 spiro atoms. The third kappa shape index (κ3) is 12.0. The molecule has 4 bridgehead atoms. The Kier molecular flexibility index (Phi) is 16.7. The fourth-order valence-corrected chi connectivity index (χ4v) is 17.2. The van der Waals surface area contributed by atoms with Crippen LogP contribution >= 0.6 is 23.2 Å². The van der Waals surface area contributed by atoms with Gasteiger partial charge in [-0.25, -0.2) is 26.3 Å². The molecule has 8 aliphatic rings. The number of fused-ring (bicyclic) bond motifs is 8. The number of benzene rings is 4. The number of aryl methyl sites for hydroxylation is 2. The number of nitrogens with zero attached hydrogens (tertiary/aromatic N) is 2. The van der Waals surface area contributed by atoms with Gasteiger partial charge >= 0.3 is 0 Å². The predicted molar refractivity (Wildman–Crippen MR) is 322 cm³/mol. The van der Waals surface area contributed by atoms with Gasteiger partial charge in [-0.15, -0.1) is 0 Å². The summed E-state index contributed by atoms with van der Waals surface area (Å²) in [6.07, 6.45) is 16.9. The number of carbonyl (C=O) groups is 2. The second kappa shape index (κ2) is 23.4. The predicted octanol–water partition coefficient (Wildman–Crippen LogP) is 10.5. The fourth-order valence-electron chi connectivity index (χ4n) is 14.5. The number of nitrogens with one attached hydrogen (secondary N) is 2. The summed E-state index contributed by atoms with van der Waals surface area (Å²) in [6.45, 7) is 10.9. The van der Waals surface area contributed by atoms with Crippen molar-refractivity contribution in [3.05, 3.63) is 141 Å². The molecule has 2 amide bonds. The largest absolute Gasteiger partial charge is 0.490 e. The summed E-state index contributed by atoms with van der Waals surface area (Å²) in [5.41, 5.74) is 6.65. The molecule has 12 atom stereocenters. The van der Waals surface area contributed by atoms with E-state index in [4.69, 9.17) is 32.7 Å². The van der Waals surface area contributed by atoms with Gasteiger partial charge in [-0.3, -0.25) is 9.59 Å². The number of rotatable bonds is 0. The lowest BCUT2D eigenvalue weighted by atomic mass is 9.68. The van der Waals surface area contributed by atoms with Crippen molar-refractivity contribution in [3.63, 3.8) is 0 Å². The van der Waals surface area contributed by atoms with E-state index in [1.165, 1.54) is 22.3 Å². The van der Waals surface area contributed by atoms with Crippen LogP contribution in [0.2, 0.25) is 10.0 Å². The molecule has 4 N–H and O–H groups in total. The van der Waals surface area contributed by atoms with Gasteiger partial charge in [0, 0.05) is 58.2 Å². The van der Waals surface area contributed by atoms with Gasteiger partial charge in [0.1, 0.15) is 11.5 Å². The molecule has 4 aromatic carbocycles. The molecule has 440 valence electrons. The molecule has 18 heteroatoms. The summed E-state index contributed by atoms with van der Waals surface area (Å²) >= 11 is 12.8. The van der Waals surface area contributed by atoms with E-state index in [0.29, 0.717) is 63.7 Å². The van der Waals surface area contributed by atoms with Crippen LogP contribution in [0, 0.1) is 35.5 Å². The van der Waals surface area contributed by atoms with Gasteiger partial charge in [0.25, 0.3) is 11.8 Å². The second-order valence-electron chi connectivity index (χ2n) is 25.3. The molecule has 82 heavy (non-hydrogen) atoms. The quantitative estimate of drug-likeness (QED) is 0.122. The van der Waals surface area contributed by atoms with Crippen molar-refractivity contribution < 1.29 is 46.1 Å². The van der Waals surface area contributed by atoms with Crippen LogP contribution in [-0.4, -0.2) is 101 Å². The Balaban J connectivity index is 0.000000172. The highest BCUT2D eigenvalue weighted by Crippen LogP contribution is 2.49. The van der Waals surface area contributed by atoms with Gasteiger partial charge in [0.2, 0.25) is 20.0 Å². The van der Waals surface area contributed by atoms with Gasteiger partial charge < -0.3 is 29.5 Å². The highest BCUT2D eigenvalue weighted by Gasteiger charge is 2.47. The van der Waals surface area contributed by atoms with Crippen LogP contribution in [0.15, 0.2) is 97.1 Å². The molecule has 0 saturated heterocycles. The Bertz CT molecular complexity index is 3170. The zero-order valence-electron chi connectivity index (χ0n) is 47.4. The summed E-state index contributed by atoms with van der Waals surface area (Å²) in [6, 6.07) is 22.7. The normalized spacial score (nSPS) is 33.8. The lowest BCUT2D eigenvalue weighted by Crippen LogP contribution is -2.49. The maximum Gasteiger partial charge on any atom is 0.264 e. The Labute approximate surface area is 494 Å². The zero-order valence-corrected chi connectivity index (χ0v) is 50.5. The van der Waals surface area contributed by atoms with Crippen molar-refractivity contribution in [2.75, 3.05) is 49.2 Å². The molecular formula is C64H78Cl2N4O10S2. The molecule has 4 aliphatic carbocycles. The monoisotopic (exact) mass is 1200 g/mol. The molecule has 0 radical (unpaired) electrons. The molecule has 0 aromatic heterocycles. The first-order chi connectivity index (χ1) is 39.1. The zero-order chi connectivity index (χ0) is 57.9. The van der Waals surface area contributed by atoms with Crippen LogP contribution in [0.3, 0.4) is 0 Å². The number of halogens is 2. The Morgan fingerprint density at radius 1 is 0.561 bits per heavy atom. The lowest BCUT2D eigenvalue weighted by Gasteiger charge is -2.45. The van der Waals surface area contributed by atoms with Gasteiger partial charge in [-0.1, -0.05) is 73.5 Å². The lowest BCUT2D eigenvalue weighted by molar-refractivity contribution is 0.0453. The highest BCUT2D eigenvalue weighted by molar-refractivity contribution is 7.91. The standard InChI is InChI=1S/2C32H39ClN2O5S/c2*1-20-5-11-29(36)26-9-6-24(26)17-35-18-32(13-3-4-22-15-25(33)8-10-27(22)32)19-40-30-12-7-23(16-28(30)35)31(37)34-41(38,39)21(2)14-20/h2*5,7-8,10-12,15-16,20-21,24,26,29,36H,3-4,6,9,13-14,17-19H2,1-2H3,(H,34,37)/b2*11-5+/t20-,21+,24-,26+,29-,32-;20-,21-,24+,26-,29+,32+/m01/s1. The average Bonchev–Trinajstić information content (AvgIpc) is 3.79. The van der Waals surface area contributed by atoms with Gasteiger partial charge in [-0.2, -0.15) is 0 Å². The van der Waals surface area contributed by atoms with E-state index in [2.05, 4.69) is 43.5 Å². The number of sulfonamides is 2. The molecule has 2 saturated carbocycles. The number of allylic oxidation sites excluding steroid dienone is 2. The van der Waals surface area contributed by atoms with E-state index in [1.807, 2.05) is 50.3 Å². The second-order valence-corrected chi connectivity index (χ2v) is 30.4. The number of aliphatic hydroxyl groups is 2. The average molecular weight is 1200 g/mol. The van der Waals surface area contributed by atoms with E-state index in [-0.39, 0.29) is 57.5 Å². The van der Waals surface area contributed by atoms with Crippen LogP contribution in [0.5, 0.6) is 11.5 Å². The molecule has 2 fully saturated rings. The number of ether oxygens (including phenoxy) is 2. The minimum absolute atomic E-state index is 0.0638. The van der Waals surface area contributed by atoms with Crippen LogP contribution < -0.4 is 28.7 Å². The van der Waals surface area contributed by atoms with E-state index < -0.39 is 54.6 Å². The first-order valence-electron chi connectivity index (χ1n) is 29.6. The van der Waals surface area contributed by atoms with Crippen LogP contribution in [-0.2, 0) is 43.7 Å². The number of hydrogen-bond acceptors (Lipinski definition) is 12. The third-order valence-corrected chi connectivity index (χ3v) is 23.5. The Morgan fingerprint density at radius 2 is 0.976 bits per heavy atom. The molecule has 4 aromatic rings. The minimum atomic E-state index is -3.89. The molecule has 4 heterocycles. The maximum atomic E-state index is 13.3. The third-order valence-electron chi connectivity index (χ3n) is 19.5. The van der Waals surface area contributed by atoms with Crippen molar-refractivity contribution in [2.24, 2.45) is 35.5 Å². The van der Waals surface area contributed by atoms with Crippen molar-refractivity contribution in [1.82, 2.24) is 9.44 Å². The molecule has 4 aliphatic heterocycles. The number of hydrogen-bond donors (Lipinski definition) is 4. The number of anilines is 2. The van der Waals surface area contributed by atoms with Gasteiger partial charge in [0.05, 0.1) is 47.3 Å². The first kappa shape index (κ1) is 58.7. The van der Waals surface area contributed by atoms with Gasteiger partial charge in [-0.05, 0) is 209 Å². The molecule has 14 nitrogen and oxygen atoms in total. The van der Waals surface area contributed by atoms with Crippen molar-refractivity contribution in [1.29, 1.82) is 0 Å². The van der Waals surface area contributed by atoms with Crippen molar-refractivity contribution >= 4 is 66.4 Å². The number of amides is 2. The van der Waals surface area contributed by atoms with E-state index >= 15 is 0 Å². The van der Waals surface area contributed by atoms with E-state index in [0.717, 1.165) is 85.6 Å². The Morgan fingerprint density at radius 3 is 1.37 bits per heavy atom. The summed E-state index contributed by atoms with van der Waals surface area (Å²) in [4.78, 5) is 31.2. The highest BCUT2D eigenvalue weighted by atomic mass is 35.5. The summed E-state index contributed by atoms with van der Waals surface area (Å²) in [5.74, 6) is 0.782. The fraction of sp³-hybridized carbons (Fsp3) is 0.531. The van der Waals surface area contributed by atoms with Gasteiger partial charge in [0.15, 0.2) is 0 Å². The number of aliphatic hydroxyl groups excluding tert-OH is 2. The Hall–Kier alpha value is -5.10. The molecule has 12 rings (SSSR count). The van der Waals surface area contributed by atoms with Crippen molar-refractivity contribution in [2.45, 2.75) is 138 Å². The summed E-state index contributed by atoms with van der Waals surface area (Å²) in [5, 5.41) is 22.2. The van der Waals surface area contributed by atoms with Crippen molar-refractivity contribution in [3.8, 4) is 11.5 Å². The summed E-state index contributed by atoms with van der Waals surface area (Å²) in [7, 11) is -7.79. The molecular weight excluding hydrogens is 1120 g/mol.